The molecule has 3 rings (SSSR count). The van der Waals surface area contributed by atoms with Crippen LogP contribution in [0, 0.1) is 3.57 Å². The highest BCUT2D eigenvalue weighted by molar-refractivity contribution is 14.1. The zero-order chi connectivity index (χ0) is 19.9. The van der Waals surface area contributed by atoms with Crippen molar-refractivity contribution in [1.82, 2.24) is 0 Å². The van der Waals surface area contributed by atoms with E-state index in [1.54, 1.807) is 14.2 Å². The number of anilines is 1. The zero-order valence-electron chi connectivity index (χ0n) is 15.7. The highest BCUT2D eigenvalue weighted by Gasteiger charge is 2.12. The van der Waals surface area contributed by atoms with Gasteiger partial charge in [-0.3, -0.25) is 0 Å². The van der Waals surface area contributed by atoms with Crippen molar-refractivity contribution in [2.45, 2.75) is 13.2 Å². The lowest BCUT2D eigenvalue weighted by molar-refractivity contribution is 0.282. The Balaban J connectivity index is 1.68. The summed E-state index contributed by atoms with van der Waals surface area (Å²) in [6.45, 7) is 1.18. The zero-order valence-corrected chi connectivity index (χ0v) is 19.4. The van der Waals surface area contributed by atoms with Crippen LogP contribution in [0.2, 0.25) is 0 Å². The van der Waals surface area contributed by atoms with Gasteiger partial charge in [0.15, 0.2) is 11.5 Å². The van der Waals surface area contributed by atoms with Gasteiger partial charge in [0.05, 0.1) is 17.8 Å². The largest absolute Gasteiger partial charge is 0.497 e. The van der Waals surface area contributed by atoms with Gasteiger partial charge < -0.3 is 19.5 Å². The van der Waals surface area contributed by atoms with Crippen LogP contribution in [0.1, 0.15) is 11.1 Å². The average molecular weight is 554 g/mol. The Labute approximate surface area is 187 Å². The van der Waals surface area contributed by atoms with Crippen molar-refractivity contribution in [2.75, 3.05) is 19.5 Å². The molecule has 3 aromatic carbocycles. The average Bonchev–Trinajstić information content (AvgIpc) is 2.72. The SMILES string of the molecule is COc1ccc(NCc2cc(I)c(OCc3ccc(Br)cc3)c(OC)c2)cc1. The Bertz CT molecular complexity index is 914. The topological polar surface area (TPSA) is 39.7 Å². The third kappa shape index (κ3) is 5.54. The van der Waals surface area contributed by atoms with Crippen molar-refractivity contribution in [3.05, 3.63) is 79.8 Å². The molecule has 0 saturated heterocycles. The van der Waals surface area contributed by atoms with Crippen molar-refractivity contribution < 1.29 is 14.2 Å². The molecule has 146 valence electrons. The third-order valence-electron chi connectivity index (χ3n) is 4.17. The number of ether oxygens (including phenoxy) is 3. The Morgan fingerprint density at radius 1 is 0.893 bits per heavy atom. The molecule has 0 aliphatic carbocycles. The molecule has 28 heavy (non-hydrogen) atoms. The van der Waals surface area contributed by atoms with Crippen molar-refractivity contribution >= 4 is 44.2 Å². The predicted molar refractivity (Wildman–Crippen MR) is 125 cm³/mol. The van der Waals surface area contributed by atoms with Crippen LogP contribution < -0.4 is 19.5 Å². The van der Waals surface area contributed by atoms with Crippen LogP contribution in [0.25, 0.3) is 0 Å². The number of halogens is 2. The van der Waals surface area contributed by atoms with Gasteiger partial charge in [0, 0.05) is 16.7 Å². The van der Waals surface area contributed by atoms with Crippen LogP contribution >= 0.6 is 38.5 Å². The van der Waals surface area contributed by atoms with E-state index in [2.05, 4.69) is 49.9 Å². The fourth-order valence-electron chi connectivity index (χ4n) is 2.66. The molecule has 0 heterocycles. The molecule has 0 amide bonds. The fourth-order valence-corrected chi connectivity index (χ4v) is 3.75. The fraction of sp³-hybridized carbons (Fsp3) is 0.182. The number of hydrogen-bond donors (Lipinski definition) is 1. The molecule has 0 radical (unpaired) electrons. The highest BCUT2D eigenvalue weighted by Crippen LogP contribution is 2.35. The van der Waals surface area contributed by atoms with Crippen LogP contribution in [-0.2, 0) is 13.2 Å². The van der Waals surface area contributed by atoms with Gasteiger partial charge in [0.25, 0.3) is 0 Å². The molecule has 0 saturated carbocycles. The van der Waals surface area contributed by atoms with Gasteiger partial charge in [0.2, 0.25) is 0 Å². The van der Waals surface area contributed by atoms with Gasteiger partial charge >= 0.3 is 0 Å². The maximum absolute atomic E-state index is 6.05. The van der Waals surface area contributed by atoms with E-state index in [1.165, 1.54) is 0 Å². The molecular formula is C22H21BrINO3. The second kappa shape index (κ2) is 10.0. The van der Waals surface area contributed by atoms with E-state index in [1.807, 2.05) is 54.6 Å². The molecule has 0 aromatic heterocycles. The van der Waals surface area contributed by atoms with Crippen LogP contribution in [0.15, 0.2) is 65.1 Å². The first kappa shape index (κ1) is 20.8. The first-order chi connectivity index (χ1) is 13.6. The third-order valence-corrected chi connectivity index (χ3v) is 5.50. The lowest BCUT2D eigenvalue weighted by Gasteiger charge is -2.15. The lowest BCUT2D eigenvalue weighted by atomic mass is 10.2. The van der Waals surface area contributed by atoms with Gasteiger partial charge in [-0.05, 0) is 82.2 Å². The molecule has 0 spiro atoms. The van der Waals surface area contributed by atoms with Gasteiger partial charge in [-0.1, -0.05) is 28.1 Å². The first-order valence-electron chi connectivity index (χ1n) is 8.70. The lowest BCUT2D eigenvalue weighted by Crippen LogP contribution is -2.03. The van der Waals surface area contributed by atoms with Gasteiger partial charge in [0.1, 0.15) is 12.4 Å². The number of methoxy groups -OCH3 is 2. The molecule has 3 aromatic rings. The molecule has 4 nitrogen and oxygen atoms in total. The van der Waals surface area contributed by atoms with E-state index in [-0.39, 0.29) is 0 Å². The van der Waals surface area contributed by atoms with Crippen molar-refractivity contribution in [3.8, 4) is 17.2 Å². The molecule has 0 aliphatic rings. The molecule has 6 heteroatoms. The molecule has 0 fully saturated rings. The molecule has 0 unspecified atom stereocenters. The van der Waals surface area contributed by atoms with Crippen LogP contribution in [0.4, 0.5) is 5.69 Å². The van der Waals surface area contributed by atoms with Crippen molar-refractivity contribution in [1.29, 1.82) is 0 Å². The molecular weight excluding hydrogens is 533 g/mol. The van der Waals surface area contributed by atoms with E-state index < -0.39 is 0 Å². The van der Waals surface area contributed by atoms with Crippen molar-refractivity contribution in [2.24, 2.45) is 0 Å². The Morgan fingerprint density at radius 3 is 2.25 bits per heavy atom. The molecule has 0 atom stereocenters. The van der Waals surface area contributed by atoms with E-state index in [9.17, 15) is 0 Å². The summed E-state index contributed by atoms with van der Waals surface area (Å²) in [5.74, 6) is 2.34. The summed E-state index contributed by atoms with van der Waals surface area (Å²) >= 11 is 5.74. The van der Waals surface area contributed by atoms with Crippen LogP contribution in [0.3, 0.4) is 0 Å². The predicted octanol–water partition coefficient (Wildman–Crippen LogP) is 6.26. The second-order valence-corrected chi connectivity index (χ2v) is 8.18. The Morgan fingerprint density at radius 2 is 1.61 bits per heavy atom. The van der Waals surface area contributed by atoms with Gasteiger partial charge in [-0.2, -0.15) is 0 Å². The summed E-state index contributed by atoms with van der Waals surface area (Å²) in [4.78, 5) is 0. The highest BCUT2D eigenvalue weighted by atomic mass is 127. The van der Waals surface area contributed by atoms with E-state index in [0.29, 0.717) is 13.2 Å². The molecule has 0 bridgehead atoms. The van der Waals surface area contributed by atoms with E-state index in [0.717, 1.165) is 42.1 Å². The van der Waals surface area contributed by atoms with Gasteiger partial charge in [-0.25, -0.2) is 0 Å². The minimum atomic E-state index is 0.489. The maximum Gasteiger partial charge on any atom is 0.174 e. The minimum absolute atomic E-state index is 0.489. The van der Waals surface area contributed by atoms with Crippen LogP contribution in [0.5, 0.6) is 17.2 Å². The monoisotopic (exact) mass is 553 g/mol. The number of rotatable bonds is 8. The Kier molecular flexibility index (Phi) is 7.44. The smallest absolute Gasteiger partial charge is 0.174 e. The van der Waals surface area contributed by atoms with Crippen molar-refractivity contribution in [3.63, 3.8) is 0 Å². The number of nitrogens with one attached hydrogen (secondary N) is 1. The normalized spacial score (nSPS) is 10.4. The second-order valence-electron chi connectivity index (χ2n) is 6.11. The van der Waals surface area contributed by atoms with E-state index >= 15 is 0 Å². The first-order valence-corrected chi connectivity index (χ1v) is 10.6. The summed E-state index contributed by atoms with van der Waals surface area (Å²) in [5.41, 5.74) is 3.25. The summed E-state index contributed by atoms with van der Waals surface area (Å²) in [6.07, 6.45) is 0. The maximum atomic E-state index is 6.05. The minimum Gasteiger partial charge on any atom is -0.497 e. The Hall–Kier alpha value is -1.93. The van der Waals surface area contributed by atoms with E-state index in [4.69, 9.17) is 14.2 Å². The summed E-state index contributed by atoms with van der Waals surface area (Å²) in [7, 11) is 3.33. The molecule has 0 aliphatic heterocycles. The number of hydrogen-bond acceptors (Lipinski definition) is 4. The summed E-state index contributed by atoms with van der Waals surface area (Å²) < 4.78 is 18.9. The van der Waals surface area contributed by atoms with Gasteiger partial charge in [-0.15, -0.1) is 0 Å². The standard InChI is InChI=1S/C22H21BrINO3/c1-26-19-9-7-18(8-10-19)25-13-16-11-20(24)22(21(12-16)27-2)28-14-15-3-5-17(23)6-4-15/h3-12,25H,13-14H2,1-2H3. The van der Waals surface area contributed by atoms with Crippen LogP contribution in [-0.4, -0.2) is 14.2 Å². The molecule has 1 N–H and O–H groups in total. The summed E-state index contributed by atoms with van der Waals surface area (Å²) in [6, 6.07) is 20.1. The number of benzene rings is 3. The summed E-state index contributed by atoms with van der Waals surface area (Å²) in [5, 5.41) is 3.41. The quantitative estimate of drug-likeness (QED) is 0.334.